The van der Waals surface area contributed by atoms with Crippen molar-refractivity contribution in [2.75, 3.05) is 12.4 Å². The summed E-state index contributed by atoms with van der Waals surface area (Å²) in [5.74, 6) is 3.90. The molecular formula is C20H21N3O2. The molecule has 2 aromatic heterocycles. The Labute approximate surface area is 147 Å². The van der Waals surface area contributed by atoms with Crippen LogP contribution in [-0.2, 0) is 0 Å². The second kappa shape index (κ2) is 7.13. The van der Waals surface area contributed by atoms with Gasteiger partial charge in [-0.1, -0.05) is 12.7 Å². The minimum absolute atomic E-state index is 0.708. The van der Waals surface area contributed by atoms with E-state index in [1.54, 1.807) is 13.2 Å². The number of nitrogens with one attached hydrogen (secondary N) is 1. The highest BCUT2D eigenvalue weighted by Gasteiger charge is 2.18. The van der Waals surface area contributed by atoms with Gasteiger partial charge in [-0.2, -0.15) is 0 Å². The van der Waals surface area contributed by atoms with E-state index in [0.717, 1.165) is 34.5 Å². The van der Waals surface area contributed by atoms with E-state index in [1.165, 1.54) is 0 Å². The number of aromatic nitrogens is 2. The molecule has 0 fully saturated rings. The summed E-state index contributed by atoms with van der Waals surface area (Å²) in [4.78, 5) is 4.67. The van der Waals surface area contributed by atoms with Gasteiger partial charge >= 0.3 is 0 Å². The van der Waals surface area contributed by atoms with Gasteiger partial charge in [-0.15, -0.1) is 0 Å². The standard InChI is InChI=1S/C20H21N3O2/c1-5-13-23-18(6-2)22-19(17-12-7-14(3)25-17)20(23)21-15-8-10-16(24-4)11-9-15/h5-13,21H,2H2,1,3-4H3/b13-5-. The maximum atomic E-state index is 5.78. The average Bonchev–Trinajstić information content (AvgIpc) is 3.20. The van der Waals surface area contributed by atoms with Crippen LogP contribution in [0.3, 0.4) is 0 Å². The van der Waals surface area contributed by atoms with Crippen LogP contribution < -0.4 is 10.1 Å². The average molecular weight is 335 g/mol. The van der Waals surface area contributed by atoms with Crippen molar-refractivity contribution < 1.29 is 9.15 Å². The molecule has 0 bridgehead atoms. The first kappa shape index (κ1) is 16.6. The molecule has 0 atom stereocenters. The van der Waals surface area contributed by atoms with Gasteiger partial charge in [0.2, 0.25) is 0 Å². The molecule has 3 aromatic rings. The van der Waals surface area contributed by atoms with Gasteiger partial charge in [-0.3, -0.25) is 4.57 Å². The monoisotopic (exact) mass is 335 g/mol. The van der Waals surface area contributed by atoms with E-state index < -0.39 is 0 Å². The predicted molar refractivity (Wildman–Crippen MR) is 102 cm³/mol. The zero-order valence-electron chi connectivity index (χ0n) is 14.6. The molecule has 0 aliphatic carbocycles. The number of imidazole rings is 1. The van der Waals surface area contributed by atoms with Gasteiger partial charge in [0.25, 0.3) is 0 Å². The summed E-state index contributed by atoms with van der Waals surface area (Å²) < 4.78 is 12.9. The lowest BCUT2D eigenvalue weighted by Crippen LogP contribution is -1.99. The van der Waals surface area contributed by atoms with Crippen LogP contribution in [0.25, 0.3) is 23.7 Å². The Kier molecular flexibility index (Phi) is 4.75. The Bertz CT molecular complexity index is 902. The topological polar surface area (TPSA) is 52.2 Å². The Morgan fingerprint density at radius 2 is 1.96 bits per heavy atom. The fraction of sp³-hybridized carbons (Fsp3) is 0.150. The molecule has 5 heteroatoms. The number of aryl methyl sites for hydroxylation is 1. The lowest BCUT2D eigenvalue weighted by atomic mass is 10.2. The first-order valence-electron chi connectivity index (χ1n) is 8.01. The molecule has 0 unspecified atom stereocenters. The van der Waals surface area contributed by atoms with Gasteiger partial charge in [-0.05, 0) is 56.3 Å². The first-order chi connectivity index (χ1) is 12.2. The highest BCUT2D eigenvalue weighted by Crippen LogP contribution is 2.33. The SMILES string of the molecule is C=Cc1nc(-c2ccc(C)o2)c(Nc2ccc(OC)cc2)n1/C=C\C. The molecule has 0 aliphatic rings. The van der Waals surface area contributed by atoms with E-state index >= 15 is 0 Å². The van der Waals surface area contributed by atoms with Crippen LogP contribution in [0.4, 0.5) is 11.5 Å². The maximum absolute atomic E-state index is 5.78. The minimum atomic E-state index is 0.708. The van der Waals surface area contributed by atoms with Crippen molar-refractivity contribution in [3.8, 4) is 17.2 Å². The molecule has 2 heterocycles. The lowest BCUT2D eigenvalue weighted by Gasteiger charge is -2.10. The summed E-state index contributed by atoms with van der Waals surface area (Å²) in [5, 5.41) is 3.43. The van der Waals surface area contributed by atoms with Gasteiger partial charge in [0.15, 0.2) is 5.76 Å². The second-order valence-electron chi connectivity index (χ2n) is 5.49. The molecule has 0 aliphatic heterocycles. The fourth-order valence-corrected chi connectivity index (χ4v) is 2.56. The van der Waals surface area contributed by atoms with Crippen LogP contribution in [0.1, 0.15) is 18.5 Å². The van der Waals surface area contributed by atoms with Crippen molar-refractivity contribution in [3.63, 3.8) is 0 Å². The van der Waals surface area contributed by atoms with Crippen molar-refractivity contribution in [2.24, 2.45) is 0 Å². The first-order valence-corrected chi connectivity index (χ1v) is 8.01. The lowest BCUT2D eigenvalue weighted by molar-refractivity contribution is 0.415. The third-order valence-electron chi connectivity index (χ3n) is 3.75. The molecule has 0 amide bonds. The van der Waals surface area contributed by atoms with Gasteiger partial charge in [-0.25, -0.2) is 4.98 Å². The molecule has 0 spiro atoms. The van der Waals surface area contributed by atoms with Gasteiger partial charge in [0.1, 0.15) is 28.8 Å². The number of nitrogens with zero attached hydrogens (tertiary/aromatic N) is 2. The Morgan fingerprint density at radius 1 is 1.20 bits per heavy atom. The number of ether oxygens (including phenoxy) is 1. The Hall–Kier alpha value is -3.21. The van der Waals surface area contributed by atoms with Crippen molar-refractivity contribution in [1.29, 1.82) is 0 Å². The van der Waals surface area contributed by atoms with Gasteiger partial charge < -0.3 is 14.5 Å². The highest BCUT2D eigenvalue weighted by atomic mass is 16.5. The molecule has 5 nitrogen and oxygen atoms in total. The smallest absolute Gasteiger partial charge is 0.156 e. The van der Waals surface area contributed by atoms with Crippen LogP contribution in [0.15, 0.2) is 53.5 Å². The molecular weight excluding hydrogens is 314 g/mol. The summed E-state index contributed by atoms with van der Waals surface area (Å²) in [6.07, 6.45) is 5.61. The molecule has 1 aromatic carbocycles. The largest absolute Gasteiger partial charge is 0.497 e. The number of methoxy groups -OCH3 is 1. The summed E-state index contributed by atoms with van der Waals surface area (Å²) in [5.41, 5.74) is 1.66. The minimum Gasteiger partial charge on any atom is -0.497 e. The van der Waals surface area contributed by atoms with Crippen molar-refractivity contribution in [3.05, 3.63) is 60.6 Å². The molecule has 0 saturated carbocycles. The highest BCUT2D eigenvalue weighted by molar-refractivity contribution is 5.77. The Morgan fingerprint density at radius 3 is 2.52 bits per heavy atom. The number of furan rings is 1. The number of hydrogen-bond donors (Lipinski definition) is 1. The number of benzene rings is 1. The molecule has 0 radical (unpaired) electrons. The van der Waals surface area contributed by atoms with E-state index in [0.29, 0.717) is 5.76 Å². The summed E-state index contributed by atoms with van der Waals surface area (Å²) in [6, 6.07) is 11.6. The van der Waals surface area contributed by atoms with Crippen LogP contribution >= 0.6 is 0 Å². The zero-order chi connectivity index (χ0) is 17.8. The number of anilines is 2. The van der Waals surface area contributed by atoms with E-state index in [9.17, 15) is 0 Å². The normalized spacial score (nSPS) is 11.0. The van der Waals surface area contributed by atoms with Crippen molar-refractivity contribution >= 4 is 23.8 Å². The predicted octanol–water partition coefficient (Wildman–Crippen LogP) is 5.34. The van der Waals surface area contributed by atoms with E-state index in [1.807, 2.05) is 67.1 Å². The molecule has 1 N–H and O–H groups in total. The third kappa shape index (κ3) is 3.35. The fourth-order valence-electron chi connectivity index (χ4n) is 2.56. The summed E-state index contributed by atoms with van der Waals surface area (Å²) >= 11 is 0. The van der Waals surface area contributed by atoms with E-state index in [4.69, 9.17) is 9.15 Å². The molecule has 3 rings (SSSR count). The summed E-state index contributed by atoms with van der Waals surface area (Å²) in [7, 11) is 1.65. The van der Waals surface area contributed by atoms with Crippen LogP contribution in [0, 0.1) is 6.92 Å². The molecule has 128 valence electrons. The van der Waals surface area contributed by atoms with Crippen LogP contribution in [0.2, 0.25) is 0 Å². The van der Waals surface area contributed by atoms with Crippen molar-refractivity contribution in [1.82, 2.24) is 9.55 Å². The van der Waals surface area contributed by atoms with Gasteiger partial charge in [0, 0.05) is 11.9 Å². The molecule has 0 saturated heterocycles. The number of rotatable bonds is 6. The maximum Gasteiger partial charge on any atom is 0.156 e. The summed E-state index contributed by atoms with van der Waals surface area (Å²) in [6.45, 7) is 7.74. The van der Waals surface area contributed by atoms with E-state index in [-0.39, 0.29) is 0 Å². The van der Waals surface area contributed by atoms with E-state index in [2.05, 4.69) is 16.9 Å². The second-order valence-corrected chi connectivity index (χ2v) is 5.49. The zero-order valence-corrected chi connectivity index (χ0v) is 14.6. The molecule has 25 heavy (non-hydrogen) atoms. The quantitative estimate of drug-likeness (QED) is 0.661. The number of hydrogen-bond acceptors (Lipinski definition) is 4. The van der Waals surface area contributed by atoms with Crippen LogP contribution in [-0.4, -0.2) is 16.7 Å². The Balaban J connectivity index is 2.10. The van der Waals surface area contributed by atoms with Gasteiger partial charge in [0.05, 0.1) is 7.11 Å². The third-order valence-corrected chi connectivity index (χ3v) is 3.75. The van der Waals surface area contributed by atoms with Crippen LogP contribution in [0.5, 0.6) is 5.75 Å². The van der Waals surface area contributed by atoms with Crippen molar-refractivity contribution in [2.45, 2.75) is 13.8 Å². The number of allylic oxidation sites excluding steroid dienone is 1.